The lowest BCUT2D eigenvalue weighted by molar-refractivity contribution is 0.322. The zero-order valence-corrected chi connectivity index (χ0v) is 16.1. The highest BCUT2D eigenvalue weighted by Gasteiger charge is 2.11. The Morgan fingerprint density at radius 1 is 1.21 bits per heavy atom. The summed E-state index contributed by atoms with van der Waals surface area (Å²) >= 11 is 9.57. The largest absolute Gasteiger partial charge is 0.396 e. The fraction of sp³-hybridized carbons (Fsp3) is 0.278. The molecule has 0 saturated carbocycles. The number of amidine groups is 1. The number of hydrogen-bond donors (Lipinski definition) is 2. The highest BCUT2D eigenvalue weighted by Crippen LogP contribution is 2.26. The van der Waals surface area contributed by atoms with E-state index in [0.29, 0.717) is 23.0 Å². The second kappa shape index (κ2) is 9.37. The maximum atomic E-state index is 8.95. The number of benzene rings is 2. The standard InChI is InChI=1S/C18H21ClN2OS2/c1-21(14-4-3-5-15(12-14)23-2)18(20)11-13-10-16(24-9-8-22)6-7-17(13)19/h3-7,10,12,20,22H,8-9,11H2,1-2H3. The smallest absolute Gasteiger partial charge is 0.105 e. The minimum absolute atomic E-state index is 0.146. The highest BCUT2D eigenvalue weighted by atomic mass is 35.5. The van der Waals surface area contributed by atoms with Crippen molar-refractivity contribution in [1.82, 2.24) is 0 Å². The van der Waals surface area contributed by atoms with Gasteiger partial charge in [-0.05, 0) is 48.2 Å². The molecule has 128 valence electrons. The minimum Gasteiger partial charge on any atom is -0.396 e. The third kappa shape index (κ3) is 5.18. The summed E-state index contributed by atoms with van der Waals surface area (Å²) in [5, 5.41) is 18.0. The van der Waals surface area contributed by atoms with Crippen molar-refractivity contribution in [3.63, 3.8) is 0 Å². The Morgan fingerprint density at radius 3 is 2.71 bits per heavy atom. The van der Waals surface area contributed by atoms with E-state index in [4.69, 9.17) is 22.1 Å². The van der Waals surface area contributed by atoms with E-state index in [-0.39, 0.29) is 6.61 Å². The van der Waals surface area contributed by atoms with Gasteiger partial charge in [0.1, 0.15) is 5.84 Å². The molecule has 6 heteroatoms. The minimum atomic E-state index is 0.146. The van der Waals surface area contributed by atoms with Crippen LogP contribution >= 0.6 is 35.1 Å². The predicted octanol–water partition coefficient (Wildman–Crippen LogP) is 4.80. The number of aliphatic hydroxyl groups excluding tert-OH is 1. The van der Waals surface area contributed by atoms with Crippen LogP contribution in [-0.4, -0.2) is 36.6 Å². The summed E-state index contributed by atoms with van der Waals surface area (Å²) in [6.45, 7) is 0.146. The van der Waals surface area contributed by atoms with Crippen molar-refractivity contribution in [2.75, 3.05) is 30.6 Å². The van der Waals surface area contributed by atoms with Crippen LogP contribution in [0.25, 0.3) is 0 Å². The Hall–Kier alpha value is -1.14. The molecule has 0 heterocycles. The van der Waals surface area contributed by atoms with Gasteiger partial charge in [0.15, 0.2) is 0 Å². The van der Waals surface area contributed by atoms with Crippen LogP contribution in [0.5, 0.6) is 0 Å². The Balaban J connectivity index is 2.13. The molecule has 2 rings (SSSR count). The third-order valence-electron chi connectivity index (χ3n) is 3.58. The molecule has 2 aromatic carbocycles. The molecule has 24 heavy (non-hydrogen) atoms. The lowest BCUT2D eigenvalue weighted by Crippen LogP contribution is -2.27. The number of nitrogens with zero attached hydrogens (tertiary/aromatic N) is 1. The van der Waals surface area contributed by atoms with Crippen LogP contribution in [0.3, 0.4) is 0 Å². The second-order valence-electron chi connectivity index (χ2n) is 5.21. The second-order valence-corrected chi connectivity index (χ2v) is 7.66. The van der Waals surface area contributed by atoms with E-state index in [1.807, 2.05) is 48.5 Å². The zero-order chi connectivity index (χ0) is 17.5. The molecular weight excluding hydrogens is 360 g/mol. The normalized spacial score (nSPS) is 10.7. The molecule has 0 aliphatic heterocycles. The van der Waals surface area contributed by atoms with E-state index >= 15 is 0 Å². The quantitative estimate of drug-likeness (QED) is 0.411. The van der Waals surface area contributed by atoms with Crippen molar-refractivity contribution in [2.24, 2.45) is 0 Å². The van der Waals surface area contributed by atoms with Gasteiger partial charge < -0.3 is 10.0 Å². The Kier molecular flexibility index (Phi) is 7.49. The van der Waals surface area contributed by atoms with Crippen LogP contribution in [0, 0.1) is 5.41 Å². The number of anilines is 1. The van der Waals surface area contributed by atoms with E-state index < -0.39 is 0 Å². The molecule has 0 saturated heterocycles. The van der Waals surface area contributed by atoms with E-state index in [0.717, 1.165) is 16.1 Å². The number of hydrogen-bond acceptors (Lipinski definition) is 4. The molecule has 0 amide bonds. The van der Waals surface area contributed by atoms with Crippen molar-refractivity contribution < 1.29 is 5.11 Å². The average molecular weight is 381 g/mol. The van der Waals surface area contributed by atoms with Crippen LogP contribution in [0.15, 0.2) is 52.3 Å². The van der Waals surface area contributed by atoms with Gasteiger partial charge in [-0.2, -0.15) is 0 Å². The zero-order valence-electron chi connectivity index (χ0n) is 13.8. The maximum absolute atomic E-state index is 8.95. The molecule has 0 radical (unpaired) electrons. The van der Waals surface area contributed by atoms with Crippen molar-refractivity contribution in [3.05, 3.63) is 53.1 Å². The van der Waals surface area contributed by atoms with Crippen LogP contribution in [0.1, 0.15) is 5.56 Å². The van der Waals surface area contributed by atoms with Gasteiger partial charge in [-0.15, -0.1) is 23.5 Å². The van der Waals surface area contributed by atoms with E-state index in [9.17, 15) is 0 Å². The van der Waals surface area contributed by atoms with Crippen molar-refractivity contribution in [1.29, 1.82) is 5.41 Å². The summed E-state index contributed by atoms with van der Waals surface area (Å²) in [6.07, 6.45) is 2.51. The molecule has 0 aromatic heterocycles. The lowest BCUT2D eigenvalue weighted by Gasteiger charge is -2.21. The van der Waals surface area contributed by atoms with Gasteiger partial charge in [0.2, 0.25) is 0 Å². The van der Waals surface area contributed by atoms with Crippen LogP contribution in [-0.2, 0) is 6.42 Å². The Morgan fingerprint density at radius 2 is 2.00 bits per heavy atom. The summed E-state index contributed by atoms with van der Waals surface area (Å²) in [5.74, 6) is 1.14. The van der Waals surface area contributed by atoms with Gasteiger partial charge in [0, 0.05) is 39.7 Å². The van der Waals surface area contributed by atoms with Crippen LogP contribution in [0.2, 0.25) is 5.02 Å². The van der Waals surface area contributed by atoms with Gasteiger partial charge >= 0.3 is 0 Å². The molecule has 0 atom stereocenters. The first-order valence-corrected chi connectivity index (χ1v) is 10.1. The molecule has 2 aromatic rings. The van der Waals surface area contributed by atoms with Gasteiger partial charge in [-0.3, -0.25) is 5.41 Å². The molecular formula is C18H21ClN2OS2. The van der Waals surface area contributed by atoms with Gasteiger partial charge in [0.05, 0.1) is 6.61 Å². The molecule has 0 aliphatic carbocycles. The summed E-state index contributed by atoms with van der Waals surface area (Å²) in [6, 6.07) is 14.0. The molecule has 0 bridgehead atoms. The topological polar surface area (TPSA) is 47.3 Å². The summed E-state index contributed by atoms with van der Waals surface area (Å²) in [5.41, 5.74) is 1.92. The van der Waals surface area contributed by atoms with Gasteiger partial charge in [0.25, 0.3) is 0 Å². The van der Waals surface area contributed by atoms with Crippen LogP contribution < -0.4 is 4.90 Å². The molecule has 2 N–H and O–H groups in total. The van der Waals surface area contributed by atoms with Crippen molar-refractivity contribution >= 4 is 46.6 Å². The fourth-order valence-corrected chi connectivity index (χ4v) is 3.57. The number of aliphatic hydroxyl groups is 1. The van der Waals surface area contributed by atoms with Crippen molar-refractivity contribution in [2.45, 2.75) is 16.2 Å². The molecule has 0 spiro atoms. The number of likely N-dealkylation sites (N-methyl/N-ethyl adjacent to an activating group) is 1. The predicted molar refractivity (Wildman–Crippen MR) is 107 cm³/mol. The first-order valence-electron chi connectivity index (χ1n) is 7.52. The van der Waals surface area contributed by atoms with E-state index in [1.165, 1.54) is 4.90 Å². The van der Waals surface area contributed by atoms with Gasteiger partial charge in [-0.25, -0.2) is 0 Å². The molecule has 0 unspecified atom stereocenters. The van der Waals surface area contributed by atoms with Crippen LogP contribution in [0.4, 0.5) is 5.69 Å². The average Bonchev–Trinajstić information content (AvgIpc) is 2.61. The number of halogens is 1. The molecule has 3 nitrogen and oxygen atoms in total. The monoisotopic (exact) mass is 380 g/mol. The molecule has 0 aliphatic rings. The number of rotatable bonds is 7. The summed E-state index contributed by atoms with van der Waals surface area (Å²) < 4.78 is 0. The molecule has 0 fully saturated rings. The van der Waals surface area contributed by atoms with Gasteiger partial charge in [-0.1, -0.05) is 17.7 Å². The summed E-state index contributed by atoms with van der Waals surface area (Å²) in [7, 11) is 1.90. The Labute approximate surface area is 156 Å². The first-order chi connectivity index (χ1) is 11.5. The van der Waals surface area contributed by atoms with Crippen molar-refractivity contribution in [3.8, 4) is 0 Å². The fourth-order valence-electron chi connectivity index (χ4n) is 2.21. The SMILES string of the molecule is CSc1cccc(N(C)C(=N)Cc2cc(SCCO)ccc2Cl)c1. The third-order valence-corrected chi connectivity index (χ3v) is 5.65. The van der Waals surface area contributed by atoms with E-state index in [1.54, 1.807) is 23.5 Å². The first kappa shape index (κ1) is 19.2. The Bertz CT molecular complexity index is 709. The van der Waals surface area contributed by atoms with E-state index in [2.05, 4.69) is 12.1 Å². The number of nitrogens with one attached hydrogen (secondary N) is 1. The number of thioether (sulfide) groups is 2. The maximum Gasteiger partial charge on any atom is 0.105 e. The summed E-state index contributed by atoms with van der Waals surface area (Å²) in [4.78, 5) is 4.11. The highest BCUT2D eigenvalue weighted by molar-refractivity contribution is 7.99. The lowest BCUT2D eigenvalue weighted by atomic mass is 10.1.